The van der Waals surface area contributed by atoms with Gasteiger partial charge in [0.15, 0.2) is 5.60 Å². The van der Waals surface area contributed by atoms with Crippen molar-refractivity contribution in [3.05, 3.63) is 48.0 Å². The molecule has 1 fully saturated rings. The Labute approximate surface area is 93.8 Å². The van der Waals surface area contributed by atoms with Crippen molar-refractivity contribution >= 4 is 10.8 Å². The van der Waals surface area contributed by atoms with Gasteiger partial charge in [0.25, 0.3) is 0 Å². The van der Waals surface area contributed by atoms with Crippen molar-refractivity contribution in [3.63, 3.8) is 0 Å². The highest BCUT2D eigenvalue weighted by Gasteiger charge is 2.66. The Bertz CT molecular complexity index is 561. The maximum atomic E-state index is 13.7. The molecule has 2 atom stereocenters. The van der Waals surface area contributed by atoms with Crippen molar-refractivity contribution < 1.29 is 9.13 Å². The summed E-state index contributed by atoms with van der Waals surface area (Å²) in [5.41, 5.74) is 0.119. The standard InChI is InChI=1S/C14H13FO/c1-13(14(2,15)16-13)12-8-7-10-5-3-4-6-11(10)9-12/h3-9H,1-2H3. The van der Waals surface area contributed by atoms with Gasteiger partial charge >= 0.3 is 0 Å². The van der Waals surface area contributed by atoms with Crippen molar-refractivity contribution in [1.82, 2.24) is 0 Å². The van der Waals surface area contributed by atoms with E-state index in [9.17, 15) is 4.39 Å². The Balaban J connectivity index is 2.14. The van der Waals surface area contributed by atoms with E-state index in [1.54, 1.807) is 6.92 Å². The monoisotopic (exact) mass is 216 g/mol. The zero-order chi connectivity index (χ0) is 11.4. The highest BCUT2D eigenvalue weighted by atomic mass is 19.2. The minimum Gasteiger partial charge on any atom is -0.326 e. The fraction of sp³-hybridized carbons (Fsp3) is 0.286. The molecule has 0 aliphatic carbocycles. The molecule has 0 spiro atoms. The van der Waals surface area contributed by atoms with E-state index in [4.69, 9.17) is 4.74 Å². The topological polar surface area (TPSA) is 12.5 Å². The maximum Gasteiger partial charge on any atom is 0.240 e. The molecular weight excluding hydrogens is 203 g/mol. The third-order valence-electron chi connectivity index (χ3n) is 3.51. The van der Waals surface area contributed by atoms with E-state index in [2.05, 4.69) is 0 Å². The van der Waals surface area contributed by atoms with Crippen LogP contribution in [0.4, 0.5) is 4.39 Å². The maximum absolute atomic E-state index is 13.7. The summed E-state index contributed by atoms with van der Waals surface area (Å²) in [6, 6.07) is 14.0. The SMILES string of the molecule is CC1(F)OC1(C)c1ccc2ccccc2c1. The van der Waals surface area contributed by atoms with Crippen LogP contribution < -0.4 is 0 Å². The molecule has 0 amide bonds. The fourth-order valence-electron chi connectivity index (χ4n) is 2.16. The lowest BCUT2D eigenvalue weighted by Gasteiger charge is -2.08. The molecule has 1 aliphatic rings. The van der Waals surface area contributed by atoms with Gasteiger partial charge in [-0.05, 0) is 36.2 Å². The van der Waals surface area contributed by atoms with Crippen LogP contribution in [0.1, 0.15) is 19.4 Å². The van der Waals surface area contributed by atoms with E-state index >= 15 is 0 Å². The average molecular weight is 216 g/mol. The molecule has 82 valence electrons. The smallest absolute Gasteiger partial charge is 0.240 e. The number of hydrogen-bond donors (Lipinski definition) is 0. The first-order valence-electron chi connectivity index (χ1n) is 5.41. The predicted molar refractivity (Wildman–Crippen MR) is 61.9 cm³/mol. The molecule has 1 aliphatic heterocycles. The van der Waals surface area contributed by atoms with Crippen molar-refractivity contribution in [1.29, 1.82) is 0 Å². The van der Waals surface area contributed by atoms with Gasteiger partial charge in [-0.15, -0.1) is 0 Å². The molecule has 1 nitrogen and oxygen atoms in total. The number of ether oxygens (including phenoxy) is 1. The lowest BCUT2D eigenvalue weighted by molar-refractivity contribution is 0.160. The molecule has 0 saturated carbocycles. The average Bonchev–Trinajstić information content (AvgIpc) is 2.79. The van der Waals surface area contributed by atoms with Gasteiger partial charge in [-0.25, -0.2) is 4.39 Å². The summed E-state index contributed by atoms with van der Waals surface area (Å²) < 4.78 is 18.9. The van der Waals surface area contributed by atoms with Crippen LogP contribution in [0.25, 0.3) is 10.8 Å². The van der Waals surface area contributed by atoms with Crippen LogP contribution >= 0.6 is 0 Å². The Morgan fingerprint density at radius 2 is 1.62 bits per heavy atom. The summed E-state index contributed by atoms with van der Waals surface area (Å²) in [5, 5.41) is 2.28. The molecule has 2 aromatic rings. The van der Waals surface area contributed by atoms with Gasteiger partial charge in [0.2, 0.25) is 5.85 Å². The molecule has 0 bridgehead atoms. The van der Waals surface area contributed by atoms with Crippen LogP contribution in [-0.2, 0) is 10.3 Å². The zero-order valence-electron chi connectivity index (χ0n) is 9.33. The van der Waals surface area contributed by atoms with E-state index in [-0.39, 0.29) is 0 Å². The predicted octanol–water partition coefficient (Wildman–Crippen LogP) is 3.77. The van der Waals surface area contributed by atoms with Gasteiger partial charge in [0, 0.05) is 0 Å². The first-order chi connectivity index (χ1) is 7.53. The quantitative estimate of drug-likeness (QED) is 0.661. The summed E-state index contributed by atoms with van der Waals surface area (Å²) in [4.78, 5) is 0. The van der Waals surface area contributed by atoms with Gasteiger partial charge < -0.3 is 4.74 Å². The summed E-state index contributed by atoms with van der Waals surface area (Å²) >= 11 is 0. The van der Waals surface area contributed by atoms with Crippen molar-refractivity contribution in [2.75, 3.05) is 0 Å². The summed E-state index contributed by atoms with van der Waals surface area (Å²) in [6.07, 6.45) is 0. The Morgan fingerprint density at radius 3 is 2.25 bits per heavy atom. The van der Waals surface area contributed by atoms with Gasteiger partial charge in [0.05, 0.1) is 0 Å². The number of hydrogen-bond acceptors (Lipinski definition) is 1. The highest BCUT2D eigenvalue weighted by Crippen LogP contribution is 2.56. The van der Waals surface area contributed by atoms with Crippen molar-refractivity contribution in [3.8, 4) is 0 Å². The first-order valence-corrected chi connectivity index (χ1v) is 5.41. The van der Waals surface area contributed by atoms with Crippen LogP contribution in [-0.4, -0.2) is 5.85 Å². The molecule has 1 heterocycles. The highest BCUT2D eigenvalue weighted by molar-refractivity contribution is 5.83. The molecule has 16 heavy (non-hydrogen) atoms. The van der Waals surface area contributed by atoms with Gasteiger partial charge in [-0.2, -0.15) is 0 Å². The number of rotatable bonds is 1. The van der Waals surface area contributed by atoms with E-state index < -0.39 is 11.5 Å². The van der Waals surface area contributed by atoms with Gasteiger partial charge in [0.1, 0.15) is 0 Å². The molecule has 2 unspecified atom stereocenters. The molecular formula is C14H13FO. The molecule has 2 heteroatoms. The second-order valence-corrected chi connectivity index (χ2v) is 4.61. The Hall–Kier alpha value is -1.41. The van der Waals surface area contributed by atoms with Crippen LogP contribution in [0.2, 0.25) is 0 Å². The third kappa shape index (κ3) is 1.20. The Morgan fingerprint density at radius 1 is 1.00 bits per heavy atom. The molecule has 1 saturated heterocycles. The van der Waals surface area contributed by atoms with Crippen molar-refractivity contribution in [2.24, 2.45) is 0 Å². The molecule has 3 rings (SSSR count). The van der Waals surface area contributed by atoms with Gasteiger partial charge in [-0.3, -0.25) is 0 Å². The third-order valence-corrected chi connectivity index (χ3v) is 3.51. The summed E-state index contributed by atoms with van der Waals surface area (Å²) in [6.45, 7) is 3.26. The lowest BCUT2D eigenvalue weighted by Crippen LogP contribution is -2.12. The molecule has 0 N–H and O–H groups in total. The lowest BCUT2D eigenvalue weighted by atomic mass is 9.94. The normalized spacial score (nSPS) is 32.9. The summed E-state index contributed by atoms with van der Waals surface area (Å²) in [5.74, 6) is -1.53. The van der Waals surface area contributed by atoms with Crippen LogP contribution in [0.5, 0.6) is 0 Å². The largest absolute Gasteiger partial charge is 0.326 e. The van der Waals surface area contributed by atoms with Crippen molar-refractivity contribution in [2.45, 2.75) is 25.3 Å². The second-order valence-electron chi connectivity index (χ2n) is 4.61. The number of alkyl halides is 1. The number of halogens is 1. The molecule has 2 aromatic carbocycles. The number of fused-ring (bicyclic) bond motifs is 1. The van der Waals surface area contributed by atoms with Crippen LogP contribution in [0.15, 0.2) is 42.5 Å². The Kier molecular flexibility index (Phi) is 1.73. The molecule has 0 radical (unpaired) electrons. The molecule has 0 aromatic heterocycles. The minimum atomic E-state index is -1.53. The fourth-order valence-corrected chi connectivity index (χ4v) is 2.16. The van der Waals surface area contributed by atoms with E-state index in [1.807, 2.05) is 42.5 Å². The number of epoxide rings is 1. The number of benzene rings is 2. The van der Waals surface area contributed by atoms with E-state index in [0.29, 0.717) is 0 Å². The van der Waals surface area contributed by atoms with Crippen LogP contribution in [0.3, 0.4) is 0 Å². The minimum absolute atomic E-state index is 0.781. The van der Waals surface area contributed by atoms with Crippen LogP contribution in [0, 0.1) is 0 Å². The summed E-state index contributed by atoms with van der Waals surface area (Å²) in [7, 11) is 0. The van der Waals surface area contributed by atoms with E-state index in [1.165, 1.54) is 6.92 Å². The second kappa shape index (κ2) is 2.83. The first kappa shape index (κ1) is 9.79. The zero-order valence-corrected chi connectivity index (χ0v) is 9.33. The van der Waals surface area contributed by atoms with E-state index in [0.717, 1.165) is 16.3 Å². The van der Waals surface area contributed by atoms with Gasteiger partial charge in [-0.1, -0.05) is 36.4 Å².